The second-order valence-corrected chi connectivity index (χ2v) is 4.28. The summed E-state index contributed by atoms with van der Waals surface area (Å²) in [5, 5.41) is 10.8. The molecule has 17 heavy (non-hydrogen) atoms. The molecule has 0 bridgehead atoms. The molecule has 1 aliphatic carbocycles. The Hall–Kier alpha value is -1.85. The Morgan fingerprint density at radius 2 is 2.18 bits per heavy atom. The van der Waals surface area contributed by atoms with Crippen LogP contribution in [0.4, 0.5) is 11.5 Å². The minimum absolute atomic E-state index is 0.0295. The highest BCUT2D eigenvalue weighted by Crippen LogP contribution is 2.29. The molecule has 0 spiro atoms. The maximum atomic E-state index is 10.8. The topological polar surface area (TPSA) is 91.3 Å². The summed E-state index contributed by atoms with van der Waals surface area (Å²) in [5.74, 6) is 0.747. The van der Waals surface area contributed by atoms with Crippen LogP contribution >= 0.6 is 0 Å². The number of rotatable bonds is 4. The summed E-state index contributed by atoms with van der Waals surface area (Å²) >= 11 is 0. The van der Waals surface area contributed by atoms with E-state index >= 15 is 0 Å². The summed E-state index contributed by atoms with van der Waals surface area (Å²) in [4.78, 5) is 14.1. The van der Waals surface area contributed by atoms with Crippen molar-refractivity contribution in [1.82, 2.24) is 4.98 Å². The second-order valence-electron chi connectivity index (χ2n) is 4.28. The third kappa shape index (κ3) is 2.83. The lowest BCUT2D eigenvalue weighted by Gasteiger charge is -2.10. The van der Waals surface area contributed by atoms with Crippen molar-refractivity contribution in [1.29, 1.82) is 0 Å². The van der Waals surface area contributed by atoms with Crippen molar-refractivity contribution in [2.45, 2.75) is 25.7 Å². The van der Waals surface area contributed by atoms with Crippen LogP contribution in [0, 0.1) is 16.0 Å². The standard InChI is InChI=1S/C11H15N3O3/c12-10-6-5-9(14(15)16)11(13-10)17-7-8-3-1-2-4-8/h5-6,8H,1-4,7H2,(H2,12,13). The largest absolute Gasteiger partial charge is 0.472 e. The monoisotopic (exact) mass is 237 g/mol. The van der Waals surface area contributed by atoms with Gasteiger partial charge in [-0.15, -0.1) is 0 Å². The first kappa shape index (κ1) is 11.6. The zero-order chi connectivity index (χ0) is 12.3. The minimum atomic E-state index is -0.504. The van der Waals surface area contributed by atoms with Crippen LogP contribution in [0.25, 0.3) is 0 Å². The van der Waals surface area contributed by atoms with Gasteiger partial charge >= 0.3 is 5.69 Å². The average Bonchev–Trinajstić information content (AvgIpc) is 2.78. The predicted molar refractivity (Wildman–Crippen MR) is 62.8 cm³/mol. The Labute approximate surface area is 98.9 Å². The lowest BCUT2D eigenvalue weighted by molar-refractivity contribution is -0.386. The van der Waals surface area contributed by atoms with Crippen molar-refractivity contribution < 1.29 is 9.66 Å². The third-order valence-corrected chi connectivity index (χ3v) is 2.99. The SMILES string of the molecule is Nc1ccc([N+](=O)[O-])c(OCC2CCCC2)n1. The normalized spacial score (nSPS) is 16.0. The van der Waals surface area contributed by atoms with E-state index in [4.69, 9.17) is 10.5 Å². The molecule has 2 rings (SSSR count). The van der Waals surface area contributed by atoms with Crippen molar-refractivity contribution in [3.05, 3.63) is 22.2 Å². The molecule has 6 nitrogen and oxygen atoms in total. The molecular weight excluding hydrogens is 222 g/mol. The molecular formula is C11H15N3O3. The summed E-state index contributed by atoms with van der Waals surface area (Å²) in [6, 6.07) is 2.73. The molecule has 0 amide bonds. The van der Waals surface area contributed by atoms with E-state index in [1.807, 2.05) is 0 Å². The quantitative estimate of drug-likeness (QED) is 0.639. The molecule has 1 heterocycles. The highest BCUT2D eigenvalue weighted by atomic mass is 16.6. The minimum Gasteiger partial charge on any atom is -0.472 e. The zero-order valence-corrected chi connectivity index (χ0v) is 9.46. The van der Waals surface area contributed by atoms with Crippen LogP contribution < -0.4 is 10.5 Å². The van der Waals surface area contributed by atoms with Gasteiger partial charge < -0.3 is 10.5 Å². The van der Waals surface area contributed by atoms with Gasteiger partial charge in [0.25, 0.3) is 5.88 Å². The van der Waals surface area contributed by atoms with Gasteiger partial charge in [-0.1, -0.05) is 12.8 Å². The van der Waals surface area contributed by atoms with Crippen molar-refractivity contribution in [3.8, 4) is 5.88 Å². The van der Waals surface area contributed by atoms with Gasteiger partial charge in [0.15, 0.2) is 0 Å². The van der Waals surface area contributed by atoms with Crippen LogP contribution in [0.2, 0.25) is 0 Å². The van der Waals surface area contributed by atoms with Crippen LogP contribution in [0.5, 0.6) is 5.88 Å². The second kappa shape index (κ2) is 4.99. The molecule has 1 saturated carbocycles. The number of ether oxygens (including phenoxy) is 1. The van der Waals surface area contributed by atoms with Crippen LogP contribution in [0.1, 0.15) is 25.7 Å². The highest BCUT2D eigenvalue weighted by Gasteiger charge is 2.20. The predicted octanol–water partition coefficient (Wildman–Crippen LogP) is 2.14. The van der Waals surface area contributed by atoms with E-state index in [1.165, 1.54) is 25.0 Å². The van der Waals surface area contributed by atoms with Crippen molar-refractivity contribution in [2.24, 2.45) is 5.92 Å². The maximum absolute atomic E-state index is 10.8. The lowest BCUT2D eigenvalue weighted by atomic mass is 10.1. The van der Waals surface area contributed by atoms with E-state index in [9.17, 15) is 10.1 Å². The number of pyridine rings is 1. The van der Waals surface area contributed by atoms with E-state index in [0.717, 1.165) is 12.8 Å². The molecule has 0 unspecified atom stereocenters. The first-order valence-electron chi connectivity index (χ1n) is 5.70. The molecule has 1 fully saturated rings. The molecule has 0 radical (unpaired) electrons. The number of nitrogen functional groups attached to an aromatic ring is 1. The van der Waals surface area contributed by atoms with Crippen molar-refractivity contribution >= 4 is 11.5 Å². The van der Waals surface area contributed by atoms with E-state index < -0.39 is 4.92 Å². The van der Waals surface area contributed by atoms with Crippen LogP contribution in [0.3, 0.4) is 0 Å². The number of nitrogens with two attached hydrogens (primary N) is 1. The van der Waals surface area contributed by atoms with Crippen LogP contribution in [-0.2, 0) is 0 Å². The fourth-order valence-corrected chi connectivity index (χ4v) is 2.07. The fraction of sp³-hybridized carbons (Fsp3) is 0.545. The molecule has 0 aliphatic heterocycles. The number of hydrogen-bond acceptors (Lipinski definition) is 5. The molecule has 0 atom stereocenters. The molecule has 0 saturated heterocycles. The number of nitro groups is 1. The van der Waals surface area contributed by atoms with Gasteiger partial charge in [-0.25, -0.2) is 0 Å². The van der Waals surface area contributed by atoms with Gasteiger partial charge in [0, 0.05) is 6.07 Å². The van der Waals surface area contributed by atoms with E-state index in [2.05, 4.69) is 4.98 Å². The third-order valence-electron chi connectivity index (χ3n) is 2.99. The number of anilines is 1. The Morgan fingerprint density at radius 1 is 1.47 bits per heavy atom. The highest BCUT2D eigenvalue weighted by molar-refractivity contribution is 5.46. The van der Waals surface area contributed by atoms with Crippen LogP contribution in [-0.4, -0.2) is 16.5 Å². The summed E-state index contributed by atoms with van der Waals surface area (Å²) in [5.41, 5.74) is 5.37. The van der Waals surface area contributed by atoms with Crippen molar-refractivity contribution in [2.75, 3.05) is 12.3 Å². The molecule has 92 valence electrons. The lowest BCUT2D eigenvalue weighted by Crippen LogP contribution is -2.10. The van der Waals surface area contributed by atoms with Crippen molar-refractivity contribution in [3.63, 3.8) is 0 Å². The fourth-order valence-electron chi connectivity index (χ4n) is 2.07. The van der Waals surface area contributed by atoms with Gasteiger partial charge in [0.2, 0.25) is 0 Å². The Kier molecular flexibility index (Phi) is 3.41. The molecule has 1 aliphatic rings. The van der Waals surface area contributed by atoms with Gasteiger partial charge in [-0.05, 0) is 24.8 Å². The number of nitrogens with zero attached hydrogens (tertiary/aromatic N) is 2. The molecule has 1 aromatic heterocycles. The van der Waals surface area contributed by atoms with Gasteiger partial charge in [-0.3, -0.25) is 10.1 Å². The zero-order valence-electron chi connectivity index (χ0n) is 9.46. The number of aromatic nitrogens is 1. The van der Waals surface area contributed by atoms with Crippen LogP contribution in [0.15, 0.2) is 12.1 Å². The Morgan fingerprint density at radius 3 is 2.82 bits per heavy atom. The Balaban J connectivity index is 2.07. The summed E-state index contributed by atoms with van der Waals surface area (Å²) in [7, 11) is 0. The first-order chi connectivity index (χ1) is 8.16. The van der Waals surface area contributed by atoms with Gasteiger partial charge in [-0.2, -0.15) is 4.98 Å². The smallest absolute Gasteiger partial charge is 0.331 e. The first-order valence-corrected chi connectivity index (χ1v) is 5.70. The van der Waals surface area contributed by atoms with E-state index in [1.54, 1.807) is 0 Å². The summed E-state index contributed by atoms with van der Waals surface area (Å²) < 4.78 is 5.43. The molecule has 1 aromatic rings. The van der Waals surface area contributed by atoms with Gasteiger partial charge in [0.1, 0.15) is 5.82 Å². The van der Waals surface area contributed by atoms with Gasteiger partial charge in [0.05, 0.1) is 11.5 Å². The molecule has 6 heteroatoms. The Bertz CT molecular complexity index is 416. The average molecular weight is 237 g/mol. The van der Waals surface area contributed by atoms with E-state index in [-0.39, 0.29) is 17.4 Å². The van der Waals surface area contributed by atoms with E-state index in [0.29, 0.717) is 12.5 Å². The summed E-state index contributed by atoms with van der Waals surface area (Å²) in [6.07, 6.45) is 4.66. The molecule has 2 N–H and O–H groups in total. The molecule has 0 aromatic carbocycles. The number of hydrogen-bond donors (Lipinski definition) is 1. The maximum Gasteiger partial charge on any atom is 0.331 e. The summed E-state index contributed by atoms with van der Waals surface area (Å²) in [6.45, 7) is 0.483.